The fourth-order valence-electron chi connectivity index (χ4n) is 4.11. The van der Waals surface area contributed by atoms with Crippen molar-refractivity contribution in [2.75, 3.05) is 48.9 Å². The molecule has 8 nitrogen and oxygen atoms in total. The summed E-state index contributed by atoms with van der Waals surface area (Å²) in [6.45, 7) is 6.90. The fraction of sp³-hybridized carbons (Fsp3) is 0.333. The summed E-state index contributed by atoms with van der Waals surface area (Å²) in [5.41, 5.74) is 10.5. The monoisotopic (exact) mass is 432 g/mol. The summed E-state index contributed by atoms with van der Waals surface area (Å²) in [6.07, 6.45) is 2.59. The zero-order valence-electron chi connectivity index (χ0n) is 18.3. The number of anilines is 4. The van der Waals surface area contributed by atoms with Gasteiger partial charge >= 0.3 is 0 Å². The number of nitrogens with zero attached hydrogens (tertiary/aromatic N) is 4. The van der Waals surface area contributed by atoms with Crippen molar-refractivity contribution in [3.05, 3.63) is 59.9 Å². The molecule has 166 valence electrons. The first-order valence-corrected chi connectivity index (χ1v) is 11.0. The molecule has 3 aromatic rings. The van der Waals surface area contributed by atoms with Gasteiger partial charge in [-0.3, -0.25) is 4.90 Å². The molecular formula is C24H28N6O2. The van der Waals surface area contributed by atoms with Gasteiger partial charge in [0, 0.05) is 38.4 Å². The van der Waals surface area contributed by atoms with Crippen molar-refractivity contribution in [1.82, 2.24) is 14.9 Å². The largest absolute Gasteiger partial charge is 0.454 e. The van der Waals surface area contributed by atoms with Gasteiger partial charge in [0.2, 0.25) is 6.79 Å². The highest BCUT2D eigenvalue weighted by Crippen LogP contribution is 2.33. The maximum atomic E-state index is 6.46. The lowest BCUT2D eigenvalue weighted by Gasteiger charge is -2.36. The smallest absolute Gasteiger partial charge is 0.231 e. The minimum atomic E-state index is 0.304. The summed E-state index contributed by atoms with van der Waals surface area (Å²) < 4.78 is 10.9. The number of nitrogens with one attached hydrogen (secondary N) is 1. The van der Waals surface area contributed by atoms with E-state index >= 15 is 0 Å². The number of hydrogen-bond donors (Lipinski definition) is 2. The third-order valence-electron chi connectivity index (χ3n) is 6.00. The number of fused-ring (bicyclic) bond motifs is 1. The van der Waals surface area contributed by atoms with Gasteiger partial charge in [0.25, 0.3) is 0 Å². The van der Waals surface area contributed by atoms with E-state index in [1.54, 1.807) is 6.33 Å². The van der Waals surface area contributed by atoms with E-state index in [1.807, 2.05) is 6.07 Å². The summed E-state index contributed by atoms with van der Waals surface area (Å²) >= 11 is 0. The van der Waals surface area contributed by atoms with Crippen molar-refractivity contribution >= 4 is 23.0 Å². The second-order valence-electron chi connectivity index (χ2n) is 8.09. The van der Waals surface area contributed by atoms with Crippen molar-refractivity contribution in [3.63, 3.8) is 0 Å². The van der Waals surface area contributed by atoms with Crippen LogP contribution in [0, 0.1) is 0 Å². The molecule has 0 amide bonds. The Bertz CT molecular complexity index is 1080. The van der Waals surface area contributed by atoms with E-state index in [0.29, 0.717) is 18.3 Å². The van der Waals surface area contributed by atoms with Gasteiger partial charge in [-0.05, 0) is 41.8 Å². The molecule has 0 saturated carbocycles. The van der Waals surface area contributed by atoms with Crippen LogP contribution in [-0.2, 0) is 13.0 Å². The standard InChI is InChI=1S/C24H28N6O2/c1-2-17-3-6-19(7-4-17)28-23-22(25)24(27-15-26-23)30-11-9-29(10-12-30)14-18-5-8-20-21(13-18)32-16-31-20/h3-8,13,15H,2,9-12,14,16,25H2,1H3,(H,26,27,28). The second kappa shape index (κ2) is 8.92. The Morgan fingerprint density at radius 2 is 1.69 bits per heavy atom. The lowest BCUT2D eigenvalue weighted by Crippen LogP contribution is -2.46. The van der Waals surface area contributed by atoms with Gasteiger partial charge in [0.1, 0.15) is 12.0 Å². The number of nitrogens with two attached hydrogens (primary N) is 1. The average Bonchev–Trinajstić information content (AvgIpc) is 3.30. The Labute approximate surface area is 188 Å². The molecule has 0 unspecified atom stereocenters. The molecule has 3 heterocycles. The van der Waals surface area contributed by atoms with Crippen molar-refractivity contribution in [2.24, 2.45) is 0 Å². The van der Waals surface area contributed by atoms with Crippen LogP contribution in [0.2, 0.25) is 0 Å². The van der Waals surface area contributed by atoms with E-state index in [9.17, 15) is 0 Å². The number of aromatic nitrogens is 2. The van der Waals surface area contributed by atoms with Crippen LogP contribution in [0.1, 0.15) is 18.1 Å². The summed E-state index contributed by atoms with van der Waals surface area (Å²) in [4.78, 5) is 13.5. The second-order valence-corrected chi connectivity index (χ2v) is 8.09. The minimum absolute atomic E-state index is 0.304. The lowest BCUT2D eigenvalue weighted by atomic mass is 10.1. The molecule has 0 atom stereocenters. The number of rotatable bonds is 6. The maximum absolute atomic E-state index is 6.46. The van der Waals surface area contributed by atoms with E-state index in [2.05, 4.69) is 68.4 Å². The predicted molar refractivity (Wildman–Crippen MR) is 126 cm³/mol. The highest BCUT2D eigenvalue weighted by atomic mass is 16.7. The topological polar surface area (TPSA) is 88.8 Å². The van der Waals surface area contributed by atoms with Crippen molar-refractivity contribution in [3.8, 4) is 11.5 Å². The molecule has 0 bridgehead atoms. The predicted octanol–water partition coefficient (Wildman–Crippen LogP) is 3.42. The average molecular weight is 433 g/mol. The summed E-state index contributed by atoms with van der Waals surface area (Å²) in [5.74, 6) is 3.08. The summed E-state index contributed by atoms with van der Waals surface area (Å²) in [5, 5.41) is 3.33. The Kier molecular flexibility index (Phi) is 5.68. The van der Waals surface area contributed by atoms with Crippen LogP contribution in [0.5, 0.6) is 11.5 Å². The van der Waals surface area contributed by atoms with E-state index in [1.165, 1.54) is 11.1 Å². The van der Waals surface area contributed by atoms with Crippen molar-refractivity contribution < 1.29 is 9.47 Å². The molecule has 0 radical (unpaired) electrons. The van der Waals surface area contributed by atoms with Gasteiger partial charge in [-0.1, -0.05) is 25.1 Å². The van der Waals surface area contributed by atoms with Crippen LogP contribution in [0.4, 0.5) is 23.0 Å². The number of aryl methyl sites for hydroxylation is 1. The van der Waals surface area contributed by atoms with Gasteiger partial charge < -0.3 is 25.4 Å². The van der Waals surface area contributed by atoms with E-state index in [4.69, 9.17) is 15.2 Å². The Morgan fingerprint density at radius 1 is 0.938 bits per heavy atom. The van der Waals surface area contributed by atoms with Crippen LogP contribution in [0.25, 0.3) is 0 Å². The third kappa shape index (κ3) is 4.27. The first-order chi connectivity index (χ1) is 15.7. The fourth-order valence-corrected chi connectivity index (χ4v) is 4.11. The maximum Gasteiger partial charge on any atom is 0.231 e. The SMILES string of the molecule is CCc1ccc(Nc2ncnc(N3CCN(Cc4ccc5c(c4)OCO5)CC3)c2N)cc1. The lowest BCUT2D eigenvalue weighted by molar-refractivity contribution is 0.174. The Morgan fingerprint density at radius 3 is 2.47 bits per heavy atom. The van der Waals surface area contributed by atoms with Crippen LogP contribution in [-0.4, -0.2) is 47.8 Å². The molecule has 1 fully saturated rings. The zero-order chi connectivity index (χ0) is 21.9. The Balaban J connectivity index is 1.22. The van der Waals surface area contributed by atoms with E-state index in [0.717, 1.165) is 62.1 Å². The molecule has 2 aliphatic heterocycles. The van der Waals surface area contributed by atoms with Gasteiger partial charge in [-0.25, -0.2) is 9.97 Å². The highest BCUT2D eigenvalue weighted by Gasteiger charge is 2.22. The van der Waals surface area contributed by atoms with Gasteiger partial charge in [0.05, 0.1) is 0 Å². The summed E-state index contributed by atoms with van der Waals surface area (Å²) in [6, 6.07) is 14.5. The molecule has 32 heavy (non-hydrogen) atoms. The molecule has 2 aliphatic rings. The normalized spacial score (nSPS) is 15.7. The first-order valence-electron chi connectivity index (χ1n) is 11.0. The molecule has 8 heteroatoms. The number of ether oxygens (including phenoxy) is 2. The molecule has 0 aliphatic carbocycles. The molecule has 1 saturated heterocycles. The first kappa shape index (κ1) is 20.4. The highest BCUT2D eigenvalue weighted by molar-refractivity contribution is 5.78. The number of nitrogen functional groups attached to an aromatic ring is 1. The quantitative estimate of drug-likeness (QED) is 0.613. The Hall–Kier alpha value is -3.52. The van der Waals surface area contributed by atoms with Crippen LogP contribution in [0.3, 0.4) is 0 Å². The van der Waals surface area contributed by atoms with Gasteiger partial charge in [0.15, 0.2) is 23.1 Å². The minimum Gasteiger partial charge on any atom is -0.454 e. The van der Waals surface area contributed by atoms with E-state index < -0.39 is 0 Å². The number of piperazine rings is 1. The zero-order valence-corrected chi connectivity index (χ0v) is 18.3. The molecular weight excluding hydrogens is 404 g/mol. The summed E-state index contributed by atoms with van der Waals surface area (Å²) in [7, 11) is 0. The molecule has 3 N–H and O–H groups in total. The van der Waals surface area contributed by atoms with Gasteiger partial charge in [-0.2, -0.15) is 0 Å². The van der Waals surface area contributed by atoms with Crippen molar-refractivity contribution in [2.45, 2.75) is 19.9 Å². The van der Waals surface area contributed by atoms with Gasteiger partial charge in [-0.15, -0.1) is 0 Å². The number of benzene rings is 2. The van der Waals surface area contributed by atoms with Crippen LogP contribution < -0.4 is 25.4 Å². The molecule has 5 rings (SSSR count). The molecule has 1 aromatic heterocycles. The van der Waals surface area contributed by atoms with Crippen LogP contribution in [0.15, 0.2) is 48.8 Å². The number of hydrogen-bond acceptors (Lipinski definition) is 8. The molecule has 2 aromatic carbocycles. The van der Waals surface area contributed by atoms with Crippen LogP contribution >= 0.6 is 0 Å². The van der Waals surface area contributed by atoms with Crippen molar-refractivity contribution in [1.29, 1.82) is 0 Å². The third-order valence-corrected chi connectivity index (χ3v) is 6.00. The van der Waals surface area contributed by atoms with E-state index in [-0.39, 0.29) is 0 Å². The molecule has 0 spiro atoms.